The highest BCUT2D eigenvalue weighted by Crippen LogP contribution is 2.42. The van der Waals surface area contributed by atoms with Gasteiger partial charge in [-0.05, 0) is 29.8 Å². The maximum absolute atomic E-state index is 4.96. The number of benzene rings is 5. The van der Waals surface area contributed by atoms with Gasteiger partial charge in [-0.25, -0.2) is 15.0 Å². The number of fused-ring (bicyclic) bond motifs is 5. The van der Waals surface area contributed by atoms with Crippen molar-refractivity contribution in [3.8, 4) is 45.3 Å². The first-order chi connectivity index (χ1) is 19.8. The monoisotopic (exact) mass is 530 g/mol. The predicted octanol–water partition coefficient (Wildman–Crippen LogP) is 9.16. The summed E-state index contributed by atoms with van der Waals surface area (Å²) >= 11 is 1.83. The molecule has 4 nitrogen and oxygen atoms in total. The summed E-state index contributed by atoms with van der Waals surface area (Å²) in [6.45, 7) is 0. The van der Waals surface area contributed by atoms with Gasteiger partial charge < -0.3 is 0 Å². The van der Waals surface area contributed by atoms with E-state index in [1.165, 1.54) is 31.5 Å². The molecule has 0 bridgehead atoms. The largest absolute Gasteiger partial charge is 0.299 e. The molecule has 0 unspecified atom stereocenters. The number of aromatic nitrogens is 4. The standard InChI is InChI=1S/C35H22N4S/c1-3-12-23(13-4-1)32-36-33(24-14-5-2-6-15-24)38-34(37-32)26-17-11-16-25(22-26)31-27-18-7-8-19-28(27)39-29-20-9-10-21-30(29)40-35(31)39/h1-22H. The minimum atomic E-state index is 0.658. The third-order valence-corrected chi connectivity index (χ3v) is 8.40. The second-order valence-electron chi connectivity index (χ2n) is 9.72. The summed E-state index contributed by atoms with van der Waals surface area (Å²) in [5.41, 5.74) is 7.71. The summed E-state index contributed by atoms with van der Waals surface area (Å²) in [6.07, 6.45) is 0. The third kappa shape index (κ3) is 3.71. The van der Waals surface area contributed by atoms with Gasteiger partial charge in [0, 0.05) is 27.6 Å². The Hall–Kier alpha value is -5.13. The molecule has 0 spiro atoms. The van der Waals surface area contributed by atoms with E-state index in [9.17, 15) is 0 Å². The number of hydrogen-bond acceptors (Lipinski definition) is 4. The molecule has 0 N–H and O–H groups in total. The molecular weight excluding hydrogens is 508 g/mol. The predicted molar refractivity (Wildman–Crippen MR) is 165 cm³/mol. The van der Waals surface area contributed by atoms with Gasteiger partial charge in [-0.3, -0.25) is 4.40 Å². The van der Waals surface area contributed by atoms with E-state index >= 15 is 0 Å². The van der Waals surface area contributed by atoms with E-state index in [1.54, 1.807) is 0 Å². The maximum Gasteiger partial charge on any atom is 0.164 e. The first-order valence-electron chi connectivity index (χ1n) is 13.2. The second kappa shape index (κ2) is 9.26. The lowest BCUT2D eigenvalue weighted by Crippen LogP contribution is -2.00. The summed E-state index contributed by atoms with van der Waals surface area (Å²) in [7, 11) is 0. The molecule has 188 valence electrons. The average Bonchev–Trinajstić information content (AvgIpc) is 3.56. The lowest BCUT2D eigenvalue weighted by Gasteiger charge is -2.09. The number of rotatable bonds is 4. The molecule has 3 aromatic heterocycles. The Morgan fingerprint density at radius 3 is 1.68 bits per heavy atom. The zero-order valence-corrected chi connectivity index (χ0v) is 22.2. The first kappa shape index (κ1) is 22.8. The average molecular weight is 531 g/mol. The quantitative estimate of drug-likeness (QED) is 0.228. The van der Waals surface area contributed by atoms with Gasteiger partial charge in [0.05, 0.1) is 15.7 Å². The van der Waals surface area contributed by atoms with Gasteiger partial charge in [0.25, 0.3) is 0 Å². The number of nitrogens with zero attached hydrogens (tertiary/aromatic N) is 4. The Labute approximate surface area is 234 Å². The van der Waals surface area contributed by atoms with E-state index in [1.807, 2.05) is 72.0 Å². The molecule has 0 fully saturated rings. The molecule has 0 aliphatic rings. The third-order valence-electron chi connectivity index (χ3n) is 7.25. The molecule has 3 heterocycles. The maximum atomic E-state index is 4.96. The lowest BCUT2D eigenvalue weighted by molar-refractivity contribution is 1.07. The van der Waals surface area contributed by atoms with Gasteiger partial charge in [0.1, 0.15) is 4.83 Å². The van der Waals surface area contributed by atoms with Crippen molar-refractivity contribution in [3.63, 3.8) is 0 Å². The van der Waals surface area contributed by atoms with Crippen LogP contribution in [-0.4, -0.2) is 19.4 Å². The summed E-state index contributed by atoms with van der Waals surface area (Å²) < 4.78 is 3.67. The van der Waals surface area contributed by atoms with Crippen LogP contribution in [0.25, 0.3) is 71.2 Å². The summed E-state index contributed by atoms with van der Waals surface area (Å²) in [4.78, 5) is 16.0. The number of para-hydroxylation sites is 2. The van der Waals surface area contributed by atoms with Crippen molar-refractivity contribution in [2.24, 2.45) is 0 Å². The van der Waals surface area contributed by atoms with Crippen LogP contribution >= 0.6 is 11.3 Å². The van der Waals surface area contributed by atoms with E-state index in [4.69, 9.17) is 15.0 Å². The minimum Gasteiger partial charge on any atom is -0.299 e. The molecule has 8 rings (SSSR count). The fourth-order valence-electron chi connectivity index (χ4n) is 5.42. The highest BCUT2D eigenvalue weighted by Gasteiger charge is 2.19. The zero-order valence-electron chi connectivity index (χ0n) is 21.4. The second-order valence-corrected chi connectivity index (χ2v) is 10.8. The molecule has 0 saturated carbocycles. The molecular formula is C35H22N4S. The summed E-state index contributed by atoms with van der Waals surface area (Å²) in [5.74, 6) is 1.98. The zero-order chi connectivity index (χ0) is 26.5. The van der Waals surface area contributed by atoms with Gasteiger partial charge in [-0.15, -0.1) is 11.3 Å². The van der Waals surface area contributed by atoms with Gasteiger partial charge in [-0.1, -0.05) is 109 Å². The summed E-state index contributed by atoms with van der Waals surface area (Å²) in [5, 5.41) is 1.24. The van der Waals surface area contributed by atoms with Crippen LogP contribution in [0, 0.1) is 0 Å². The van der Waals surface area contributed by atoms with Crippen LogP contribution in [0.1, 0.15) is 0 Å². The lowest BCUT2D eigenvalue weighted by atomic mass is 10.0. The van der Waals surface area contributed by atoms with Crippen LogP contribution in [0.3, 0.4) is 0 Å². The van der Waals surface area contributed by atoms with Gasteiger partial charge in [0.15, 0.2) is 17.5 Å². The molecule has 8 aromatic rings. The van der Waals surface area contributed by atoms with Crippen molar-refractivity contribution >= 4 is 37.3 Å². The van der Waals surface area contributed by atoms with E-state index in [-0.39, 0.29) is 0 Å². The van der Waals surface area contributed by atoms with Gasteiger partial charge >= 0.3 is 0 Å². The normalized spacial score (nSPS) is 11.5. The molecule has 40 heavy (non-hydrogen) atoms. The van der Waals surface area contributed by atoms with Crippen molar-refractivity contribution in [2.45, 2.75) is 0 Å². The number of thiazole rings is 1. The van der Waals surface area contributed by atoms with E-state index in [2.05, 4.69) is 77.2 Å². The Morgan fingerprint density at radius 1 is 0.450 bits per heavy atom. The molecule has 0 radical (unpaired) electrons. The van der Waals surface area contributed by atoms with Crippen LogP contribution in [0.2, 0.25) is 0 Å². The van der Waals surface area contributed by atoms with Crippen molar-refractivity contribution in [3.05, 3.63) is 133 Å². The molecule has 0 aliphatic heterocycles. The highest BCUT2D eigenvalue weighted by atomic mass is 32.1. The molecule has 5 aromatic carbocycles. The van der Waals surface area contributed by atoms with Crippen molar-refractivity contribution in [1.82, 2.24) is 19.4 Å². The Bertz CT molecular complexity index is 2100. The Kier molecular flexibility index (Phi) is 5.28. The highest BCUT2D eigenvalue weighted by molar-refractivity contribution is 7.24. The van der Waals surface area contributed by atoms with Crippen LogP contribution in [0.15, 0.2) is 133 Å². The van der Waals surface area contributed by atoms with Crippen LogP contribution < -0.4 is 0 Å². The van der Waals surface area contributed by atoms with Crippen molar-refractivity contribution in [1.29, 1.82) is 0 Å². The van der Waals surface area contributed by atoms with Crippen molar-refractivity contribution in [2.75, 3.05) is 0 Å². The Balaban J connectivity index is 1.35. The number of hydrogen-bond donors (Lipinski definition) is 0. The molecule has 5 heteroatoms. The summed E-state index contributed by atoms with van der Waals surface area (Å²) in [6, 6.07) is 46.1. The van der Waals surface area contributed by atoms with Crippen LogP contribution in [-0.2, 0) is 0 Å². The minimum absolute atomic E-state index is 0.658. The fraction of sp³-hybridized carbons (Fsp3) is 0. The van der Waals surface area contributed by atoms with E-state index in [0.717, 1.165) is 22.3 Å². The van der Waals surface area contributed by atoms with E-state index < -0.39 is 0 Å². The first-order valence-corrected chi connectivity index (χ1v) is 14.0. The SMILES string of the molecule is c1ccc(-c2nc(-c3ccccc3)nc(-c3cccc(-c4c5ccccc5n5c4sc4ccccc45)c3)n2)cc1. The van der Waals surface area contributed by atoms with E-state index in [0.29, 0.717) is 17.5 Å². The molecule has 0 aliphatic carbocycles. The topological polar surface area (TPSA) is 43.1 Å². The van der Waals surface area contributed by atoms with Gasteiger partial charge in [-0.2, -0.15) is 0 Å². The Morgan fingerprint density at radius 2 is 0.975 bits per heavy atom. The fourth-order valence-corrected chi connectivity index (χ4v) is 6.65. The van der Waals surface area contributed by atoms with Crippen LogP contribution in [0.4, 0.5) is 0 Å². The molecule has 0 saturated heterocycles. The van der Waals surface area contributed by atoms with Crippen LogP contribution in [0.5, 0.6) is 0 Å². The molecule has 0 amide bonds. The smallest absolute Gasteiger partial charge is 0.164 e. The van der Waals surface area contributed by atoms with Crippen molar-refractivity contribution < 1.29 is 0 Å². The van der Waals surface area contributed by atoms with Gasteiger partial charge in [0.2, 0.25) is 0 Å². The molecule has 0 atom stereocenters.